The van der Waals surface area contributed by atoms with E-state index in [2.05, 4.69) is 19.1 Å². The molecular weight excluding hydrogens is 394 g/mol. The van der Waals surface area contributed by atoms with Crippen molar-refractivity contribution in [2.75, 3.05) is 0 Å². The van der Waals surface area contributed by atoms with Crippen molar-refractivity contribution in [3.8, 4) is 11.1 Å². The summed E-state index contributed by atoms with van der Waals surface area (Å²) in [5, 5.41) is 9.60. The van der Waals surface area contributed by atoms with Crippen molar-refractivity contribution in [3.05, 3.63) is 65.0 Å². The van der Waals surface area contributed by atoms with Crippen molar-refractivity contribution in [1.29, 1.82) is 0 Å². The number of carboxylic acid groups (broad SMARTS) is 1. The van der Waals surface area contributed by atoms with Crippen molar-refractivity contribution in [2.45, 2.75) is 71.1 Å². The van der Waals surface area contributed by atoms with E-state index in [1.54, 1.807) is 6.92 Å². The normalized spacial score (nSPS) is 19.7. The molecule has 31 heavy (non-hydrogen) atoms. The highest BCUT2D eigenvalue weighted by Gasteiger charge is 2.22. The van der Waals surface area contributed by atoms with Gasteiger partial charge >= 0.3 is 5.97 Å². The lowest BCUT2D eigenvalue weighted by Gasteiger charge is -2.28. The van der Waals surface area contributed by atoms with Crippen LogP contribution in [0.25, 0.3) is 17.0 Å². The number of aromatic carboxylic acids is 1. The lowest BCUT2D eigenvalue weighted by Crippen LogP contribution is -2.13. The number of carbonyl (C=O) groups is 1. The van der Waals surface area contributed by atoms with Crippen molar-refractivity contribution in [3.63, 3.8) is 0 Å². The van der Waals surface area contributed by atoms with Crippen molar-refractivity contribution in [2.24, 2.45) is 5.92 Å². The van der Waals surface area contributed by atoms with E-state index in [1.807, 2.05) is 12.1 Å². The summed E-state index contributed by atoms with van der Waals surface area (Å²) in [6, 6.07) is 12.1. The molecule has 2 aromatic carbocycles. The first-order chi connectivity index (χ1) is 14.9. The fraction of sp³-hybridized carbons (Fsp3) is 0.444. The molecule has 0 saturated heterocycles. The molecule has 0 bridgehead atoms. The first-order valence-corrected chi connectivity index (χ1v) is 11.5. The van der Waals surface area contributed by atoms with E-state index in [1.165, 1.54) is 62.3 Å². The van der Waals surface area contributed by atoms with Gasteiger partial charge in [-0.15, -0.1) is 0 Å². The van der Waals surface area contributed by atoms with Crippen molar-refractivity contribution < 1.29 is 18.7 Å². The third kappa shape index (κ3) is 5.61. The minimum absolute atomic E-state index is 0.0248. The molecule has 1 aliphatic rings. The van der Waals surface area contributed by atoms with Gasteiger partial charge in [-0.3, -0.25) is 0 Å². The monoisotopic (exact) mass is 426 g/mol. The van der Waals surface area contributed by atoms with Gasteiger partial charge in [0.05, 0.1) is 5.56 Å². The van der Waals surface area contributed by atoms with Crippen LogP contribution in [0.15, 0.2) is 48.3 Å². The standard InChI is InChI=1S/C27H32F2O2/c1-3-5-18-7-9-19(10-8-18)20-11-13-21(14-12-20)24-17-22(15-16-23(24)27(30)31)26(29)25(28)6-4-2/h11-19H,3-10H2,1-2H3,(H,30,31). The maximum absolute atomic E-state index is 14.5. The molecule has 1 saturated carbocycles. The molecule has 1 aliphatic carbocycles. The predicted octanol–water partition coefficient (Wildman–Crippen LogP) is 8.53. The molecule has 0 aliphatic heterocycles. The van der Waals surface area contributed by atoms with Gasteiger partial charge in [0.1, 0.15) is 5.83 Å². The Morgan fingerprint density at radius 1 is 0.968 bits per heavy atom. The van der Waals surface area contributed by atoms with E-state index < -0.39 is 17.6 Å². The first-order valence-electron chi connectivity index (χ1n) is 11.5. The van der Waals surface area contributed by atoms with Crippen LogP contribution >= 0.6 is 0 Å². The van der Waals surface area contributed by atoms with E-state index in [0.29, 0.717) is 23.5 Å². The summed E-state index contributed by atoms with van der Waals surface area (Å²) in [6.07, 6.45) is 7.98. The van der Waals surface area contributed by atoms with Crippen LogP contribution in [0.2, 0.25) is 0 Å². The second-order valence-corrected chi connectivity index (χ2v) is 8.66. The second kappa shape index (κ2) is 10.7. The lowest BCUT2D eigenvalue weighted by molar-refractivity contribution is 0.0697. The van der Waals surface area contributed by atoms with Crippen LogP contribution in [0.5, 0.6) is 0 Å². The number of hydrogen-bond donors (Lipinski definition) is 1. The van der Waals surface area contributed by atoms with Gasteiger partial charge in [0.2, 0.25) is 0 Å². The van der Waals surface area contributed by atoms with Crippen LogP contribution in [-0.4, -0.2) is 11.1 Å². The minimum Gasteiger partial charge on any atom is -0.478 e. The number of rotatable bonds is 8. The molecule has 1 N–H and O–H groups in total. The van der Waals surface area contributed by atoms with Crippen LogP contribution in [0.1, 0.15) is 92.6 Å². The largest absolute Gasteiger partial charge is 0.478 e. The molecule has 2 aromatic rings. The van der Waals surface area contributed by atoms with Crippen LogP contribution in [0, 0.1) is 5.92 Å². The highest BCUT2D eigenvalue weighted by atomic mass is 19.2. The maximum Gasteiger partial charge on any atom is 0.336 e. The molecule has 0 spiro atoms. The highest BCUT2D eigenvalue weighted by molar-refractivity contribution is 5.96. The highest BCUT2D eigenvalue weighted by Crippen LogP contribution is 2.38. The van der Waals surface area contributed by atoms with Crippen molar-refractivity contribution in [1.82, 2.24) is 0 Å². The summed E-state index contributed by atoms with van der Waals surface area (Å²) in [6.45, 7) is 4.02. The van der Waals surface area contributed by atoms with Gasteiger partial charge in [-0.1, -0.05) is 57.0 Å². The Hall–Kier alpha value is -2.49. The number of benzene rings is 2. The van der Waals surface area contributed by atoms with Crippen LogP contribution in [0.4, 0.5) is 8.78 Å². The molecule has 2 nitrogen and oxygen atoms in total. The molecule has 3 rings (SSSR count). The zero-order valence-electron chi connectivity index (χ0n) is 18.5. The van der Waals surface area contributed by atoms with Crippen LogP contribution in [-0.2, 0) is 0 Å². The van der Waals surface area contributed by atoms with Gasteiger partial charge in [-0.05, 0) is 72.8 Å². The Balaban J connectivity index is 1.87. The summed E-state index contributed by atoms with van der Waals surface area (Å²) in [5.41, 5.74) is 2.53. The summed E-state index contributed by atoms with van der Waals surface area (Å²) < 4.78 is 28.5. The molecule has 1 fully saturated rings. The van der Waals surface area contributed by atoms with E-state index >= 15 is 0 Å². The topological polar surface area (TPSA) is 37.3 Å². The molecule has 0 unspecified atom stereocenters. The van der Waals surface area contributed by atoms with Crippen LogP contribution in [0.3, 0.4) is 0 Å². The van der Waals surface area contributed by atoms with Gasteiger partial charge in [0.25, 0.3) is 0 Å². The molecule has 0 amide bonds. The third-order valence-electron chi connectivity index (χ3n) is 6.45. The van der Waals surface area contributed by atoms with E-state index in [-0.39, 0.29) is 17.5 Å². The number of hydrogen-bond acceptors (Lipinski definition) is 1. The third-order valence-corrected chi connectivity index (χ3v) is 6.45. The SMILES string of the molecule is CCCC(F)=C(F)c1ccc(C(=O)O)c(-c2ccc(C3CCC(CCC)CC3)cc2)c1. The quantitative estimate of drug-likeness (QED) is 0.459. The average Bonchev–Trinajstić information content (AvgIpc) is 2.79. The molecular formula is C27H32F2O2. The molecule has 0 heterocycles. The Kier molecular flexibility index (Phi) is 8.00. The number of allylic oxidation sites excluding steroid dienone is 1. The summed E-state index contributed by atoms with van der Waals surface area (Å²) >= 11 is 0. The Morgan fingerprint density at radius 2 is 1.65 bits per heavy atom. The van der Waals surface area contributed by atoms with Crippen LogP contribution < -0.4 is 0 Å². The molecule has 0 aromatic heterocycles. The Labute approximate surface area is 184 Å². The predicted molar refractivity (Wildman–Crippen MR) is 122 cm³/mol. The average molecular weight is 427 g/mol. The molecule has 0 radical (unpaired) electrons. The minimum atomic E-state index is -1.08. The molecule has 4 heteroatoms. The molecule has 0 atom stereocenters. The van der Waals surface area contributed by atoms with Gasteiger partial charge in [-0.25, -0.2) is 13.6 Å². The number of carboxylic acids is 1. The molecule has 166 valence electrons. The number of halogens is 2. The zero-order valence-corrected chi connectivity index (χ0v) is 18.5. The van der Waals surface area contributed by atoms with Gasteiger partial charge < -0.3 is 5.11 Å². The lowest BCUT2D eigenvalue weighted by atomic mass is 9.77. The van der Waals surface area contributed by atoms with E-state index in [4.69, 9.17) is 0 Å². The van der Waals surface area contributed by atoms with Crippen molar-refractivity contribution >= 4 is 11.8 Å². The van der Waals surface area contributed by atoms with Gasteiger partial charge in [-0.2, -0.15) is 0 Å². The first kappa shape index (κ1) is 23.2. The second-order valence-electron chi connectivity index (χ2n) is 8.66. The fourth-order valence-electron chi connectivity index (χ4n) is 4.72. The summed E-state index contributed by atoms with van der Waals surface area (Å²) in [7, 11) is 0. The summed E-state index contributed by atoms with van der Waals surface area (Å²) in [5.74, 6) is -1.42. The van der Waals surface area contributed by atoms with Gasteiger partial charge in [0.15, 0.2) is 5.83 Å². The summed E-state index contributed by atoms with van der Waals surface area (Å²) in [4.78, 5) is 11.7. The Bertz CT molecular complexity index is 923. The zero-order chi connectivity index (χ0) is 22.4. The van der Waals surface area contributed by atoms with E-state index in [9.17, 15) is 18.7 Å². The smallest absolute Gasteiger partial charge is 0.336 e. The Morgan fingerprint density at radius 3 is 2.23 bits per heavy atom. The fourth-order valence-corrected chi connectivity index (χ4v) is 4.72. The maximum atomic E-state index is 14.5. The van der Waals surface area contributed by atoms with Gasteiger partial charge in [0, 0.05) is 12.0 Å². The van der Waals surface area contributed by atoms with E-state index in [0.717, 1.165) is 5.92 Å².